The highest BCUT2D eigenvalue weighted by Crippen LogP contribution is 2.38. The molecule has 0 saturated heterocycles. The van der Waals surface area contributed by atoms with Gasteiger partial charge >= 0.3 is 0 Å². The summed E-state index contributed by atoms with van der Waals surface area (Å²) in [5.41, 5.74) is 3.06. The average Bonchev–Trinajstić information content (AvgIpc) is 2.93. The minimum Gasteiger partial charge on any atom is -0.493 e. The molecule has 2 atom stereocenters. The normalized spacial score (nSPS) is 16.5. The van der Waals surface area contributed by atoms with Crippen molar-refractivity contribution in [2.45, 2.75) is 122 Å². The molecular weight excluding hydrogens is 503 g/mol. The van der Waals surface area contributed by atoms with Crippen molar-refractivity contribution in [3.63, 3.8) is 0 Å². The minimum atomic E-state index is -0.845. The fourth-order valence-electron chi connectivity index (χ4n) is 5.88. The third-order valence-electron chi connectivity index (χ3n) is 8.22. The second-order valence-corrected chi connectivity index (χ2v) is 11.9. The summed E-state index contributed by atoms with van der Waals surface area (Å²) in [5, 5.41) is 18.0. The van der Waals surface area contributed by atoms with Gasteiger partial charge in [-0.1, -0.05) is 90.0 Å². The number of unbranched alkanes of at least 4 members (excludes halogenated alkanes) is 4. The van der Waals surface area contributed by atoms with Gasteiger partial charge in [0.1, 0.15) is 11.6 Å². The molecule has 0 aromatic heterocycles. The molecule has 0 heterocycles. The molecule has 3 N–H and O–H groups in total. The third-order valence-corrected chi connectivity index (χ3v) is 8.22. The summed E-state index contributed by atoms with van der Waals surface area (Å²) in [6.07, 6.45) is 10.6. The average molecular weight is 555 g/mol. The highest BCUT2D eigenvalue weighted by molar-refractivity contribution is 5.73. The Bertz CT molecular complexity index is 1050. The zero-order chi connectivity index (χ0) is 29.0. The molecule has 2 unspecified atom stereocenters. The number of aliphatic hydroxyl groups excluding tert-OH is 1. The van der Waals surface area contributed by atoms with E-state index in [4.69, 9.17) is 4.74 Å². The maximum atomic E-state index is 14.5. The molecule has 1 amide bonds. The van der Waals surface area contributed by atoms with E-state index in [2.05, 4.69) is 55.7 Å². The maximum absolute atomic E-state index is 14.5. The van der Waals surface area contributed by atoms with Crippen LogP contribution in [0.4, 0.5) is 4.39 Å². The zero-order valence-electron chi connectivity index (χ0n) is 25.1. The Balaban J connectivity index is 1.69. The van der Waals surface area contributed by atoms with Crippen LogP contribution in [0.3, 0.4) is 0 Å². The van der Waals surface area contributed by atoms with Gasteiger partial charge in [-0.25, -0.2) is 4.39 Å². The molecular formula is C34H51FN2O3. The Kier molecular flexibility index (Phi) is 12.9. The molecule has 2 aromatic rings. The van der Waals surface area contributed by atoms with Gasteiger partial charge in [0, 0.05) is 25.1 Å². The van der Waals surface area contributed by atoms with E-state index < -0.39 is 12.1 Å². The Morgan fingerprint density at radius 1 is 1.05 bits per heavy atom. The number of hydrogen-bond acceptors (Lipinski definition) is 4. The van der Waals surface area contributed by atoms with Crippen molar-refractivity contribution >= 4 is 5.91 Å². The van der Waals surface area contributed by atoms with Crippen molar-refractivity contribution in [1.82, 2.24) is 10.6 Å². The van der Waals surface area contributed by atoms with E-state index in [0.29, 0.717) is 36.8 Å². The summed E-state index contributed by atoms with van der Waals surface area (Å²) in [7, 11) is 0. The van der Waals surface area contributed by atoms with Crippen LogP contribution in [0.25, 0.3) is 0 Å². The van der Waals surface area contributed by atoms with Crippen molar-refractivity contribution in [2.75, 3.05) is 13.2 Å². The van der Waals surface area contributed by atoms with Crippen LogP contribution in [-0.4, -0.2) is 36.3 Å². The molecule has 40 heavy (non-hydrogen) atoms. The predicted molar refractivity (Wildman–Crippen MR) is 161 cm³/mol. The van der Waals surface area contributed by atoms with Crippen LogP contribution >= 0.6 is 0 Å². The summed E-state index contributed by atoms with van der Waals surface area (Å²) in [6.45, 7) is 8.93. The van der Waals surface area contributed by atoms with E-state index in [0.717, 1.165) is 38.5 Å². The lowest BCUT2D eigenvalue weighted by Crippen LogP contribution is -2.53. The standard InChI is InChI=1S/C34H51FN2O3/c1-5-6-7-8-12-18-40-31-20-27(19-30(35)23-31)21-32(37-26(4)38)33(39)24-36-34(16-10-9-11-17-34)29-15-13-14-28(22-29)25(2)3/h13-15,19-20,22-23,25,32-33,36,39H,5-12,16-18,21,24H2,1-4H3,(H,37,38). The molecule has 3 rings (SSSR count). The molecule has 1 aliphatic carbocycles. The molecule has 0 radical (unpaired) electrons. The van der Waals surface area contributed by atoms with Gasteiger partial charge in [0.2, 0.25) is 5.91 Å². The number of carbonyl (C=O) groups is 1. The van der Waals surface area contributed by atoms with E-state index in [1.807, 2.05) is 6.07 Å². The Hall–Kier alpha value is -2.44. The number of nitrogens with one attached hydrogen (secondary N) is 2. The predicted octanol–water partition coefficient (Wildman–Crippen LogP) is 7.16. The number of amides is 1. The molecule has 1 saturated carbocycles. The Morgan fingerprint density at radius 2 is 1.80 bits per heavy atom. The van der Waals surface area contributed by atoms with Crippen LogP contribution in [0, 0.1) is 5.82 Å². The van der Waals surface area contributed by atoms with Crippen LogP contribution in [0.15, 0.2) is 42.5 Å². The second kappa shape index (κ2) is 16.1. The Morgan fingerprint density at radius 3 is 2.50 bits per heavy atom. The zero-order valence-corrected chi connectivity index (χ0v) is 25.1. The molecule has 2 aromatic carbocycles. The molecule has 0 spiro atoms. The molecule has 1 aliphatic rings. The SMILES string of the molecule is CCCCCCCOc1cc(F)cc(CC(NC(C)=O)C(O)CNC2(c3cccc(C(C)C)c3)CCCCC2)c1. The van der Waals surface area contributed by atoms with Crippen molar-refractivity contribution in [3.8, 4) is 5.75 Å². The number of ether oxygens (including phenoxy) is 1. The second-order valence-electron chi connectivity index (χ2n) is 11.9. The van der Waals surface area contributed by atoms with Crippen LogP contribution in [0.1, 0.15) is 115 Å². The van der Waals surface area contributed by atoms with E-state index >= 15 is 0 Å². The number of benzene rings is 2. The molecule has 6 heteroatoms. The van der Waals surface area contributed by atoms with Gasteiger partial charge in [-0.15, -0.1) is 0 Å². The first-order chi connectivity index (χ1) is 19.2. The highest BCUT2D eigenvalue weighted by atomic mass is 19.1. The first-order valence-electron chi connectivity index (χ1n) is 15.5. The third kappa shape index (κ3) is 9.88. The molecule has 222 valence electrons. The molecule has 0 bridgehead atoms. The summed E-state index contributed by atoms with van der Waals surface area (Å²) >= 11 is 0. The fraction of sp³-hybridized carbons (Fsp3) is 0.618. The van der Waals surface area contributed by atoms with E-state index in [-0.39, 0.29) is 17.3 Å². The maximum Gasteiger partial charge on any atom is 0.217 e. The number of carbonyl (C=O) groups excluding carboxylic acids is 1. The smallest absolute Gasteiger partial charge is 0.217 e. The largest absolute Gasteiger partial charge is 0.493 e. The van der Waals surface area contributed by atoms with E-state index in [1.165, 1.54) is 55.9 Å². The van der Waals surface area contributed by atoms with Gasteiger partial charge in [-0.3, -0.25) is 4.79 Å². The number of aliphatic hydroxyl groups is 1. The summed E-state index contributed by atoms with van der Waals surface area (Å²) in [6, 6.07) is 12.9. The first-order valence-corrected chi connectivity index (χ1v) is 15.5. The van der Waals surface area contributed by atoms with Gasteiger partial charge < -0.3 is 20.5 Å². The first kappa shape index (κ1) is 32.1. The van der Waals surface area contributed by atoms with E-state index in [9.17, 15) is 14.3 Å². The van der Waals surface area contributed by atoms with Crippen molar-refractivity contribution in [2.24, 2.45) is 0 Å². The topological polar surface area (TPSA) is 70.6 Å². The van der Waals surface area contributed by atoms with Gasteiger partial charge in [-0.2, -0.15) is 0 Å². The number of halogens is 1. The van der Waals surface area contributed by atoms with Gasteiger partial charge in [0.15, 0.2) is 0 Å². The Labute approximate surface area is 241 Å². The fourth-order valence-corrected chi connectivity index (χ4v) is 5.88. The van der Waals surface area contributed by atoms with E-state index in [1.54, 1.807) is 0 Å². The van der Waals surface area contributed by atoms with Crippen molar-refractivity contribution in [3.05, 3.63) is 65.0 Å². The lowest BCUT2D eigenvalue weighted by molar-refractivity contribution is -0.120. The lowest BCUT2D eigenvalue weighted by atomic mass is 9.75. The summed E-state index contributed by atoms with van der Waals surface area (Å²) in [4.78, 5) is 12.1. The summed E-state index contributed by atoms with van der Waals surface area (Å²) < 4.78 is 20.3. The van der Waals surface area contributed by atoms with Crippen LogP contribution in [0.2, 0.25) is 0 Å². The van der Waals surface area contributed by atoms with Crippen molar-refractivity contribution in [1.29, 1.82) is 0 Å². The summed E-state index contributed by atoms with van der Waals surface area (Å²) in [5.74, 6) is 0.335. The number of hydrogen-bond donors (Lipinski definition) is 3. The molecule has 0 aliphatic heterocycles. The van der Waals surface area contributed by atoms with Gasteiger partial charge in [0.05, 0.1) is 18.8 Å². The van der Waals surface area contributed by atoms with Gasteiger partial charge in [-0.05, 0) is 60.4 Å². The quantitative estimate of drug-likeness (QED) is 0.193. The van der Waals surface area contributed by atoms with Crippen LogP contribution in [0.5, 0.6) is 5.75 Å². The van der Waals surface area contributed by atoms with Crippen molar-refractivity contribution < 1.29 is 19.0 Å². The molecule has 5 nitrogen and oxygen atoms in total. The highest BCUT2D eigenvalue weighted by Gasteiger charge is 2.35. The van der Waals surface area contributed by atoms with Crippen LogP contribution < -0.4 is 15.4 Å². The van der Waals surface area contributed by atoms with Gasteiger partial charge in [0.25, 0.3) is 0 Å². The molecule has 1 fully saturated rings. The lowest BCUT2D eigenvalue weighted by Gasteiger charge is -2.40. The minimum absolute atomic E-state index is 0.206. The monoisotopic (exact) mass is 554 g/mol. The number of rotatable bonds is 16. The van der Waals surface area contributed by atoms with Crippen LogP contribution in [-0.2, 0) is 16.8 Å².